The number of allylic oxidation sites excluding steroid dienone is 1. The Kier molecular flexibility index (Phi) is 2.53. The Balaban J connectivity index is 2.08. The zero-order valence-electron chi connectivity index (χ0n) is 8.24. The minimum Gasteiger partial charge on any atom is -0.506 e. The first-order valence-corrected chi connectivity index (χ1v) is 5.07. The number of hydrogen-bond acceptors (Lipinski definition) is 2. The maximum atomic E-state index is 9.12. The molecule has 1 aliphatic carbocycles. The van der Waals surface area contributed by atoms with E-state index in [0.29, 0.717) is 5.92 Å². The van der Waals surface area contributed by atoms with Crippen molar-refractivity contribution in [1.82, 2.24) is 4.98 Å². The average molecular weight is 189 g/mol. The van der Waals surface area contributed by atoms with Gasteiger partial charge in [0.2, 0.25) is 0 Å². The lowest BCUT2D eigenvalue weighted by molar-refractivity contribution is 0.467. The Bertz CT molecular complexity index is 319. The van der Waals surface area contributed by atoms with Crippen molar-refractivity contribution >= 4 is 0 Å². The first-order chi connectivity index (χ1) is 6.75. The van der Waals surface area contributed by atoms with Gasteiger partial charge in [-0.2, -0.15) is 0 Å². The smallest absolute Gasteiger partial charge is 0.133 e. The molecule has 0 atom stereocenters. The van der Waals surface area contributed by atoms with E-state index in [1.165, 1.54) is 11.8 Å². The third-order valence-corrected chi connectivity index (χ3v) is 2.88. The van der Waals surface area contributed by atoms with Crippen LogP contribution in [0, 0.1) is 0 Å². The van der Waals surface area contributed by atoms with E-state index in [2.05, 4.69) is 11.6 Å². The Morgan fingerprint density at radius 2 is 2.00 bits per heavy atom. The number of hydrogen-bond donors (Lipinski definition) is 1. The molecule has 0 aromatic carbocycles. The molecule has 0 amide bonds. The largest absolute Gasteiger partial charge is 0.506 e. The second kappa shape index (κ2) is 3.82. The van der Waals surface area contributed by atoms with Gasteiger partial charge in [0.1, 0.15) is 5.75 Å². The fourth-order valence-corrected chi connectivity index (χ4v) is 1.96. The summed E-state index contributed by atoms with van der Waals surface area (Å²) in [5.74, 6) is 0.801. The van der Waals surface area contributed by atoms with Crippen molar-refractivity contribution in [2.45, 2.75) is 31.6 Å². The van der Waals surface area contributed by atoms with Crippen molar-refractivity contribution in [3.8, 4) is 5.75 Å². The van der Waals surface area contributed by atoms with E-state index in [1.54, 1.807) is 6.07 Å². The highest BCUT2D eigenvalue weighted by molar-refractivity contribution is 5.21. The summed E-state index contributed by atoms with van der Waals surface area (Å²) in [7, 11) is 0. The van der Waals surface area contributed by atoms with Gasteiger partial charge in [-0.25, -0.2) is 0 Å². The SMILES string of the molecule is C=C1CCC(c2ccc(O)cn2)CC1. The topological polar surface area (TPSA) is 33.1 Å². The lowest BCUT2D eigenvalue weighted by atomic mass is 9.84. The average Bonchev–Trinajstić information content (AvgIpc) is 2.21. The number of pyridine rings is 1. The highest BCUT2D eigenvalue weighted by Crippen LogP contribution is 2.33. The van der Waals surface area contributed by atoms with Crippen LogP contribution in [0.4, 0.5) is 0 Å². The summed E-state index contributed by atoms with van der Waals surface area (Å²) in [6, 6.07) is 3.64. The van der Waals surface area contributed by atoms with Gasteiger partial charge in [-0.15, -0.1) is 0 Å². The van der Waals surface area contributed by atoms with Crippen LogP contribution in [0.1, 0.15) is 37.3 Å². The van der Waals surface area contributed by atoms with E-state index in [-0.39, 0.29) is 5.75 Å². The first kappa shape index (κ1) is 9.25. The van der Waals surface area contributed by atoms with Crippen LogP contribution < -0.4 is 0 Å². The van der Waals surface area contributed by atoms with E-state index in [9.17, 15) is 0 Å². The van der Waals surface area contributed by atoms with Gasteiger partial charge in [-0.1, -0.05) is 12.2 Å². The van der Waals surface area contributed by atoms with Crippen molar-refractivity contribution in [3.63, 3.8) is 0 Å². The number of aromatic hydroxyl groups is 1. The van der Waals surface area contributed by atoms with E-state index in [4.69, 9.17) is 5.11 Å². The molecule has 74 valence electrons. The second-order valence-corrected chi connectivity index (χ2v) is 3.97. The van der Waals surface area contributed by atoms with E-state index in [1.807, 2.05) is 6.07 Å². The summed E-state index contributed by atoms with van der Waals surface area (Å²) in [5, 5.41) is 9.12. The zero-order chi connectivity index (χ0) is 9.97. The summed E-state index contributed by atoms with van der Waals surface area (Å²) in [6.45, 7) is 4.00. The number of nitrogens with zero attached hydrogens (tertiary/aromatic N) is 1. The summed E-state index contributed by atoms with van der Waals surface area (Å²) < 4.78 is 0. The Hall–Kier alpha value is -1.31. The minimum atomic E-state index is 0.244. The van der Waals surface area contributed by atoms with E-state index in [0.717, 1.165) is 31.4 Å². The third kappa shape index (κ3) is 1.95. The lowest BCUT2D eigenvalue weighted by Gasteiger charge is -2.22. The summed E-state index contributed by atoms with van der Waals surface area (Å²) in [5.41, 5.74) is 2.47. The second-order valence-electron chi connectivity index (χ2n) is 3.97. The molecule has 2 rings (SSSR count). The monoisotopic (exact) mass is 189 g/mol. The quantitative estimate of drug-likeness (QED) is 0.689. The molecule has 2 nitrogen and oxygen atoms in total. The minimum absolute atomic E-state index is 0.244. The molecule has 0 saturated heterocycles. The highest BCUT2D eigenvalue weighted by Gasteiger charge is 2.17. The molecular weight excluding hydrogens is 174 g/mol. The normalized spacial score (nSPS) is 18.4. The molecule has 14 heavy (non-hydrogen) atoms. The van der Waals surface area contributed by atoms with Crippen LogP contribution in [0.15, 0.2) is 30.5 Å². The fraction of sp³-hybridized carbons (Fsp3) is 0.417. The molecule has 1 heterocycles. The van der Waals surface area contributed by atoms with E-state index < -0.39 is 0 Å². The molecule has 0 aliphatic heterocycles. The van der Waals surface area contributed by atoms with Crippen LogP contribution in [-0.2, 0) is 0 Å². The van der Waals surface area contributed by atoms with Gasteiger partial charge in [-0.05, 0) is 37.8 Å². The predicted octanol–water partition coefficient (Wildman–Crippen LogP) is 3.00. The maximum absolute atomic E-state index is 9.12. The predicted molar refractivity (Wildman–Crippen MR) is 56.3 cm³/mol. The highest BCUT2D eigenvalue weighted by atomic mass is 16.3. The van der Waals surface area contributed by atoms with Gasteiger partial charge in [0.05, 0.1) is 6.20 Å². The van der Waals surface area contributed by atoms with Gasteiger partial charge >= 0.3 is 0 Å². The van der Waals surface area contributed by atoms with Crippen molar-refractivity contribution in [2.75, 3.05) is 0 Å². The molecule has 0 bridgehead atoms. The van der Waals surface area contributed by atoms with Crippen molar-refractivity contribution in [3.05, 3.63) is 36.2 Å². The van der Waals surface area contributed by atoms with Crippen LogP contribution in [-0.4, -0.2) is 10.1 Å². The number of rotatable bonds is 1. The fourth-order valence-electron chi connectivity index (χ4n) is 1.96. The Morgan fingerprint density at radius 1 is 1.29 bits per heavy atom. The van der Waals surface area contributed by atoms with Crippen molar-refractivity contribution < 1.29 is 5.11 Å². The zero-order valence-corrected chi connectivity index (χ0v) is 8.24. The molecule has 1 fully saturated rings. The van der Waals surface area contributed by atoms with Crippen molar-refractivity contribution in [1.29, 1.82) is 0 Å². The molecule has 2 heteroatoms. The van der Waals surface area contributed by atoms with Crippen LogP contribution in [0.5, 0.6) is 5.75 Å². The van der Waals surface area contributed by atoms with Gasteiger partial charge < -0.3 is 5.11 Å². The van der Waals surface area contributed by atoms with Crippen LogP contribution in [0.3, 0.4) is 0 Å². The summed E-state index contributed by atoms with van der Waals surface area (Å²) in [4.78, 5) is 4.25. The van der Waals surface area contributed by atoms with Crippen LogP contribution in [0.25, 0.3) is 0 Å². The molecule has 1 aromatic rings. The molecule has 0 spiro atoms. The maximum Gasteiger partial charge on any atom is 0.133 e. The van der Waals surface area contributed by atoms with Gasteiger partial charge in [-0.3, -0.25) is 4.98 Å². The molecule has 1 aliphatic rings. The summed E-state index contributed by atoms with van der Waals surface area (Å²) >= 11 is 0. The van der Waals surface area contributed by atoms with Crippen LogP contribution >= 0.6 is 0 Å². The standard InChI is InChI=1S/C12H15NO/c1-9-2-4-10(5-3-9)12-7-6-11(14)8-13-12/h6-8,10,14H,1-5H2. The first-order valence-electron chi connectivity index (χ1n) is 5.07. The molecule has 1 aromatic heterocycles. The van der Waals surface area contributed by atoms with Crippen molar-refractivity contribution in [2.24, 2.45) is 0 Å². The molecule has 0 radical (unpaired) electrons. The molecule has 1 N–H and O–H groups in total. The number of aromatic nitrogens is 1. The molecule has 0 unspecified atom stereocenters. The Labute approximate surface area is 84.3 Å². The van der Waals surface area contributed by atoms with Gasteiger partial charge in [0.15, 0.2) is 0 Å². The molecule has 1 saturated carbocycles. The van der Waals surface area contributed by atoms with Gasteiger partial charge in [0, 0.05) is 11.6 Å². The third-order valence-electron chi connectivity index (χ3n) is 2.88. The van der Waals surface area contributed by atoms with Crippen LogP contribution in [0.2, 0.25) is 0 Å². The molecular formula is C12H15NO. The lowest BCUT2D eigenvalue weighted by Crippen LogP contribution is -2.07. The Morgan fingerprint density at radius 3 is 2.57 bits per heavy atom. The van der Waals surface area contributed by atoms with E-state index >= 15 is 0 Å². The van der Waals surface area contributed by atoms with Gasteiger partial charge in [0.25, 0.3) is 0 Å². The summed E-state index contributed by atoms with van der Waals surface area (Å²) in [6.07, 6.45) is 6.06.